The van der Waals surface area contributed by atoms with Crippen LogP contribution in [0.15, 0.2) is 36.4 Å². The van der Waals surface area contributed by atoms with Crippen LogP contribution >= 0.6 is 11.6 Å². The zero-order valence-corrected chi connectivity index (χ0v) is 11.8. The highest BCUT2D eigenvalue weighted by atomic mass is 35.5. The number of nitrogens with zero attached hydrogens (tertiary/aromatic N) is 2. The first-order chi connectivity index (χ1) is 9.69. The summed E-state index contributed by atoms with van der Waals surface area (Å²) in [5.74, 6) is 1.13. The number of rotatable bonds is 5. The first kappa shape index (κ1) is 14.3. The lowest BCUT2D eigenvalue weighted by Crippen LogP contribution is -2.21. The summed E-state index contributed by atoms with van der Waals surface area (Å²) in [5.41, 5.74) is 0.893. The number of nitrogens with one attached hydrogen (secondary N) is 2. The maximum absolute atomic E-state index is 11.1. The minimum absolute atomic E-state index is 0.0269. The van der Waals surface area contributed by atoms with Crippen LogP contribution in [0.4, 0.5) is 5.82 Å². The van der Waals surface area contributed by atoms with Gasteiger partial charge in [0.1, 0.15) is 11.0 Å². The van der Waals surface area contributed by atoms with Gasteiger partial charge in [-0.3, -0.25) is 4.79 Å². The molecule has 1 heterocycles. The summed E-state index contributed by atoms with van der Waals surface area (Å²) in [6, 6.07) is 11.2. The second kappa shape index (κ2) is 6.86. The van der Waals surface area contributed by atoms with Crippen molar-refractivity contribution in [1.29, 1.82) is 0 Å². The topological polar surface area (TPSA) is 66.9 Å². The molecular formula is C14H15ClN4O. The van der Waals surface area contributed by atoms with Gasteiger partial charge in [0.05, 0.1) is 0 Å². The molecule has 0 radical (unpaired) electrons. The summed E-state index contributed by atoms with van der Waals surface area (Å²) in [6.07, 6.45) is 0.374. The van der Waals surface area contributed by atoms with E-state index in [4.69, 9.17) is 11.6 Å². The fraction of sp³-hybridized carbons (Fsp3) is 0.214. The average Bonchev–Trinajstić information content (AvgIpc) is 2.47. The van der Waals surface area contributed by atoms with Gasteiger partial charge >= 0.3 is 0 Å². The largest absolute Gasteiger partial charge is 0.369 e. The van der Waals surface area contributed by atoms with E-state index in [0.717, 1.165) is 5.56 Å². The minimum Gasteiger partial charge on any atom is -0.369 e. The molecule has 0 atom stereocenters. The smallest absolute Gasteiger partial charge is 0.221 e. The molecule has 0 aliphatic heterocycles. The van der Waals surface area contributed by atoms with Gasteiger partial charge in [0.15, 0.2) is 5.82 Å². The van der Waals surface area contributed by atoms with Crippen molar-refractivity contribution < 1.29 is 4.79 Å². The predicted octanol–water partition coefficient (Wildman–Crippen LogP) is 2.34. The molecule has 0 aliphatic rings. The van der Waals surface area contributed by atoms with Crippen molar-refractivity contribution in [3.63, 3.8) is 0 Å². The Balaban J connectivity index is 2.11. The van der Waals surface area contributed by atoms with Crippen molar-refractivity contribution in [3.05, 3.63) is 41.6 Å². The molecule has 1 aromatic carbocycles. The maximum Gasteiger partial charge on any atom is 0.221 e. The molecule has 0 fully saturated rings. The third-order valence-electron chi connectivity index (χ3n) is 2.66. The molecule has 2 aromatic rings. The van der Waals surface area contributed by atoms with Gasteiger partial charge in [0.2, 0.25) is 5.91 Å². The van der Waals surface area contributed by atoms with E-state index < -0.39 is 0 Å². The quantitative estimate of drug-likeness (QED) is 0.830. The van der Waals surface area contributed by atoms with E-state index in [0.29, 0.717) is 29.8 Å². The van der Waals surface area contributed by atoms with E-state index in [2.05, 4.69) is 20.6 Å². The van der Waals surface area contributed by atoms with Gasteiger partial charge in [-0.05, 0) is 0 Å². The van der Waals surface area contributed by atoms with Gasteiger partial charge in [0, 0.05) is 31.6 Å². The molecule has 2 N–H and O–H groups in total. The van der Waals surface area contributed by atoms with Gasteiger partial charge in [-0.15, -0.1) is 0 Å². The molecule has 5 nitrogen and oxygen atoms in total. The molecule has 2 rings (SSSR count). The first-order valence-electron chi connectivity index (χ1n) is 6.23. The van der Waals surface area contributed by atoms with E-state index in [9.17, 15) is 4.79 Å². The SMILES string of the molecule is CNC(=O)CCNc1cc(Cl)nc(-c2ccccc2)n1. The number of halogens is 1. The first-order valence-corrected chi connectivity index (χ1v) is 6.61. The van der Waals surface area contributed by atoms with Crippen LogP contribution in [0.3, 0.4) is 0 Å². The summed E-state index contributed by atoms with van der Waals surface area (Å²) < 4.78 is 0. The minimum atomic E-state index is -0.0269. The van der Waals surface area contributed by atoms with Crippen LogP contribution in [0.25, 0.3) is 11.4 Å². The zero-order chi connectivity index (χ0) is 14.4. The molecule has 1 aromatic heterocycles. The molecule has 104 valence electrons. The summed E-state index contributed by atoms with van der Waals surface area (Å²) in [7, 11) is 1.61. The van der Waals surface area contributed by atoms with Crippen LogP contribution in [-0.2, 0) is 4.79 Å². The van der Waals surface area contributed by atoms with Crippen LogP contribution in [0.5, 0.6) is 0 Å². The third-order valence-corrected chi connectivity index (χ3v) is 2.86. The lowest BCUT2D eigenvalue weighted by atomic mass is 10.2. The Kier molecular flexibility index (Phi) is 4.90. The zero-order valence-electron chi connectivity index (χ0n) is 11.1. The number of amides is 1. The number of carbonyl (C=O) groups excluding carboxylic acids is 1. The van der Waals surface area contributed by atoms with E-state index in [1.54, 1.807) is 13.1 Å². The maximum atomic E-state index is 11.1. The van der Waals surface area contributed by atoms with Crippen molar-refractivity contribution >= 4 is 23.3 Å². The Hall–Kier alpha value is -2.14. The fourth-order valence-corrected chi connectivity index (χ4v) is 1.84. The Morgan fingerprint density at radius 3 is 2.70 bits per heavy atom. The molecule has 1 amide bonds. The van der Waals surface area contributed by atoms with Crippen molar-refractivity contribution in [2.75, 3.05) is 18.9 Å². The van der Waals surface area contributed by atoms with Crippen LogP contribution < -0.4 is 10.6 Å². The number of hydrogen-bond acceptors (Lipinski definition) is 4. The van der Waals surface area contributed by atoms with Crippen LogP contribution in [-0.4, -0.2) is 29.5 Å². The Bertz CT molecular complexity index is 589. The lowest BCUT2D eigenvalue weighted by Gasteiger charge is -2.07. The fourth-order valence-electron chi connectivity index (χ4n) is 1.65. The number of aromatic nitrogens is 2. The van der Waals surface area contributed by atoms with Crippen LogP contribution in [0.1, 0.15) is 6.42 Å². The van der Waals surface area contributed by atoms with Crippen molar-refractivity contribution in [3.8, 4) is 11.4 Å². The average molecular weight is 291 g/mol. The number of benzene rings is 1. The lowest BCUT2D eigenvalue weighted by molar-refractivity contribution is -0.120. The third kappa shape index (κ3) is 3.93. The van der Waals surface area contributed by atoms with Gasteiger partial charge in [-0.2, -0.15) is 0 Å². The molecule has 0 unspecified atom stereocenters. The molecule has 6 heteroatoms. The molecule has 0 saturated carbocycles. The van der Waals surface area contributed by atoms with Gasteiger partial charge < -0.3 is 10.6 Å². The van der Waals surface area contributed by atoms with E-state index in [1.165, 1.54) is 0 Å². The molecular weight excluding hydrogens is 276 g/mol. The normalized spacial score (nSPS) is 10.1. The van der Waals surface area contributed by atoms with Gasteiger partial charge in [-0.25, -0.2) is 9.97 Å². The van der Waals surface area contributed by atoms with Crippen LogP contribution in [0.2, 0.25) is 5.15 Å². The highest BCUT2D eigenvalue weighted by Crippen LogP contribution is 2.19. The van der Waals surface area contributed by atoms with Gasteiger partial charge in [-0.1, -0.05) is 41.9 Å². The summed E-state index contributed by atoms with van der Waals surface area (Å²) in [6.45, 7) is 0.487. The molecule has 0 bridgehead atoms. The van der Waals surface area contributed by atoms with Crippen molar-refractivity contribution in [2.24, 2.45) is 0 Å². The molecule has 20 heavy (non-hydrogen) atoms. The number of hydrogen-bond donors (Lipinski definition) is 2. The van der Waals surface area contributed by atoms with Crippen molar-refractivity contribution in [2.45, 2.75) is 6.42 Å². The second-order valence-corrected chi connectivity index (χ2v) is 4.50. The monoisotopic (exact) mass is 290 g/mol. The Labute approximate surface area is 122 Å². The highest BCUT2D eigenvalue weighted by molar-refractivity contribution is 6.29. The highest BCUT2D eigenvalue weighted by Gasteiger charge is 2.06. The number of anilines is 1. The van der Waals surface area contributed by atoms with Gasteiger partial charge in [0.25, 0.3) is 0 Å². The van der Waals surface area contributed by atoms with Crippen molar-refractivity contribution in [1.82, 2.24) is 15.3 Å². The molecule has 0 spiro atoms. The van der Waals surface area contributed by atoms with E-state index in [1.807, 2.05) is 30.3 Å². The summed E-state index contributed by atoms with van der Waals surface area (Å²) in [5, 5.41) is 5.99. The summed E-state index contributed by atoms with van der Waals surface area (Å²) >= 11 is 6.00. The van der Waals surface area contributed by atoms with E-state index in [-0.39, 0.29) is 5.91 Å². The van der Waals surface area contributed by atoms with E-state index >= 15 is 0 Å². The molecule has 0 aliphatic carbocycles. The second-order valence-electron chi connectivity index (χ2n) is 4.12. The standard InChI is InChI=1S/C14H15ClN4O/c1-16-13(20)7-8-17-12-9-11(15)18-14(19-12)10-5-3-2-4-6-10/h2-6,9H,7-8H2,1H3,(H,16,20)(H,17,18,19). The number of carbonyl (C=O) groups is 1. The Morgan fingerprint density at radius 1 is 1.25 bits per heavy atom. The molecule has 0 saturated heterocycles. The van der Waals surface area contributed by atoms with Crippen LogP contribution in [0, 0.1) is 0 Å². The summed E-state index contributed by atoms with van der Waals surface area (Å²) in [4.78, 5) is 19.7. The predicted molar refractivity (Wildman–Crippen MR) is 79.7 cm³/mol. The Morgan fingerprint density at radius 2 is 2.00 bits per heavy atom.